The third-order valence-corrected chi connectivity index (χ3v) is 3.83. The van der Waals surface area contributed by atoms with Crippen LogP contribution < -0.4 is 5.32 Å². The molecular weight excluding hydrogens is 262 g/mol. The number of anilines is 1. The minimum atomic E-state index is -0.156. The molecule has 1 aliphatic carbocycles. The maximum absolute atomic E-state index is 9.51. The van der Waals surface area contributed by atoms with Crippen LogP contribution in [-0.4, -0.2) is 27.2 Å². The largest absolute Gasteiger partial charge is 0.393 e. The van der Waals surface area contributed by atoms with Gasteiger partial charge in [0, 0.05) is 6.04 Å². The smallest absolute Gasteiger partial charge is 0.172 e. The second-order valence-electron chi connectivity index (χ2n) is 5.00. The highest BCUT2D eigenvalue weighted by Crippen LogP contribution is 2.26. The SMILES string of the molecule is OC1CCC(Nc2nc3ccccc3nc2Cl)CC1. The van der Waals surface area contributed by atoms with E-state index in [0.29, 0.717) is 17.0 Å². The maximum Gasteiger partial charge on any atom is 0.172 e. The van der Waals surface area contributed by atoms with Gasteiger partial charge in [0.05, 0.1) is 17.1 Å². The summed E-state index contributed by atoms with van der Waals surface area (Å²) in [7, 11) is 0. The van der Waals surface area contributed by atoms with Gasteiger partial charge in [0.2, 0.25) is 0 Å². The molecule has 1 saturated carbocycles. The molecule has 19 heavy (non-hydrogen) atoms. The first-order valence-electron chi connectivity index (χ1n) is 6.59. The number of halogens is 1. The molecule has 1 aliphatic rings. The Balaban J connectivity index is 1.82. The lowest BCUT2D eigenvalue weighted by Gasteiger charge is -2.26. The Hall–Kier alpha value is -1.39. The molecule has 100 valence electrons. The van der Waals surface area contributed by atoms with E-state index in [-0.39, 0.29) is 6.10 Å². The standard InChI is InChI=1S/C14H16ClN3O/c15-13-14(16-9-5-7-10(19)8-6-9)18-12-4-2-1-3-11(12)17-13/h1-4,9-10,19H,5-8H2,(H,16,18). The van der Waals surface area contributed by atoms with Crippen molar-refractivity contribution in [3.8, 4) is 0 Å². The van der Waals surface area contributed by atoms with E-state index in [2.05, 4.69) is 15.3 Å². The second kappa shape index (κ2) is 5.31. The Morgan fingerprint density at radius 1 is 1.05 bits per heavy atom. The van der Waals surface area contributed by atoms with E-state index >= 15 is 0 Å². The highest BCUT2D eigenvalue weighted by atomic mass is 35.5. The van der Waals surface area contributed by atoms with Gasteiger partial charge in [0.15, 0.2) is 11.0 Å². The Bertz CT molecular complexity index is 582. The molecule has 0 atom stereocenters. The number of benzene rings is 1. The van der Waals surface area contributed by atoms with Crippen molar-refractivity contribution in [2.24, 2.45) is 0 Å². The van der Waals surface area contributed by atoms with Gasteiger partial charge in [-0.1, -0.05) is 23.7 Å². The fourth-order valence-electron chi connectivity index (χ4n) is 2.48. The quantitative estimate of drug-likeness (QED) is 0.886. The highest BCUT2D eigenvalue weighted by Gasteiger charge is 2.20. The van der Waals surface area contributed by atoms with Crippen LogP contribution in [0.2, 0.25) is 5.15 Å². The highest BCUT2D eigenvalue weighted by molar-refractivity contribution is 6.32. The molecule has 0 radical (unpaired) electrons. The molecule has 0 saturated heterocycles. The second-order valence-corrected chi connectivity index (χ2v) is 5.36. The van der Waals surface area contributed by atoms with E-state index in [0.717, 1.165) is 36.7 Å². The fraction of sp³-hybridized carbons (Fsp3) is 0.429. The van der Waals surface area contributed by atoms with Gasteiger partial charge in [-0.05, 0) is 37.8 Å². The van der Waals surface area contributed by atoms with E-state index in [1.807, 2.05) is 24.3 Å². The molecule has 0 aliphatic heterocycles. The zero-order valence-electron chi connectivity index (χ0n) is 10.5. The lowest BCUT2D eigenvalue weighted by molar-refractivity contribution is 0.126. The van der Waals surface area contributed by atoms with Crippen LogP contribution in [0.3, 0.4) is 0 Å². The summed E-state index contributed by atoms with van der Waals surface area (Å²) in [5.41, 5.74) is 1.64. The Morgan fingerprint density at radius 3 is 2.37 bits per heavy atom. The van der Waals surface area contributed by atoms with Gasteiger partial charge < -0.3 is 10.4 Å². The Labute approximate surface area is 116 Å². The third-order valence-electron chi connectivity index (χ3n) is 3.57. The summed E-state index contributed by atoms with van der Waals surface area (Å²) in [6.45, 7) is 0. The van der Waals surface area contributed by atoms with Crippen molar-refractivity contribution in [3.05, 3.63) is 29.4 Å². The van der Waals surface area contributed by atoms with Gasteiger partial charge in [0.25, 0.3) is 0 Å². The van der Waals surface area contributed by atoms with Crippen LogP contribution >= 0.6 is 11.6 Å². The van der Waals surface area contributed by atoms with E-state index in [9.17, 15) is 5.11 Å². The van der Waals surface area contributed by atoms with Gasteiger partial charge in [-0.2, -0.15) is 0 Å². The molecule has 3 rings (SSSR count). The predicted octanol–water partition coefficient (Wildman–Crippen LogP) is 3.00. The van der Waals surface area contributed by atoms with Crippen molar-refractivity contribution < 1.29 is 5.11 Å². The van der Waals surface area contributed by atoms with Crippen molar-refractivity contribution >= 4 is 28.5 Å². The number of rotatable bonds is 2. The van der Waals surface area contributed by atoms with E-state index in [1.54, 1.807) is 0 Å². The predicted molar refractivity (Wildman–Crippen MR) is 76.4 cm³/mol. The van der Waals surface area contributed by atoms with Crippen LogP contribution in [0.1, 0.15) is 25.7 Å². The Morgan fingerprint density at radius 2 is 1.68 bits per heavy atom. The third kappa shape index (κ3) is 2.80. The molecule has 1 aromatic carbocycles. The fourth-order valence-corrected chi connectivity index (χ4v) is 2.67. The van der Waals surface area contributed by atoms with Crippen LogP contribution in [0.4, 0.5) is 5.82 Å². The number of para-hydroxylation sites is 2. The molecule has 1 aromatic heterocycles. The molecule has 5 heteroatoms. The van der Waals surface area contributed by atoms with Gasteiger partial charge in [-0.25, -0.2) is 9.97 Å². The number of aromatic nitrogens is 2. The van der Waals surface area contributed by atoms with E-state index in [1.165, 1.54) is 0 Å². The van der Waals surface area contributed by atoms with E-state index < -0.39 is 0 Å². The van der Waals surface area contributed by atoms with Crippen molar-refractivity contribution in [2.45, 2.75) is 37.8 Å². The van der Waals surface area contributed by atoms with Crippen LogP contribution in [0.5, 0.6) is 0 Å². The summed E-state index contributed by atoms with van der Waals surface area (Å²) in [5.74, 6) is 0.641. The summed E-state index contributed by atoms with van der Waals surface area (Å²) < 4.78 is 0. The summed E-state index contributed by atoms with van der Waals surface area (Å²) in [4.78, 5) is 8.87. The minimum absolute atomic E-state index is 0.156. The maximum atomic E-state index is 9.51. The van der Waals surface area contributed by atoms with Crippen molar-refractivity contribution in [2.75, 3.05) is 5.32 Å². The number of hydrogen-bond donors (Lipinski definition) is 2. The zero-order chi connectivity index (χ0) is 13.2. The van der Waals surface area contributed by atoms with Crippen LogP contribution in [0.15, 0.2) is 24.3 Å². The number of nitrogens with zero attached hydrogens (tertiary/aromatic N) is 2. The summed E-state index contributed by atoms with van der Waals surface area (Å²) in [5, 5.41) is 13.3. The first-order chi connectivity index (χ1) is 9.22. The van der Waals surface area contributed by atoms with Crippen LogP contribution in [0, 0.1) is 0 Å². The molecular formula is C14H16ClN3O. The van der Waals surface area contributed by atoms with Crippen molar-refractivity contribution in [3.63, 3.8) is 0 Å². The van der Waals surface area contributed by atoms with Crippen LogP contribution in [-0.2, 0) is 0 Å². The summed E-state index contributed by atoms with van der Waals surface area (Å²) in [6, 6.07) is 7.99. The molecule has 0 amide bonds. The number of aliphatic hydroxyl groups is 1. The number of nitrogens with one attached hydrogen (secondary N) is 1. The average molecular weight is 278 g/mol. The molecule has 4 nitrogen and oxygen atoms in total. The molecule has 0 spiro atoms. The summed E-state index contributed by atoms with van der Waals surface area (Å²) in [6.07, 6.45) is 3.38. The van der Waals surface area contributed by atoms with Gasteiger partial charge in [-0.15, -0.1) is 0 Å². The molecule has 2 N–H and O–H groups in total. The molecule has 1 heterocycles. The van der Waals surface area contributed by atoms with Crippen LogP contribution in [0.25, 0.3) is 11.0 Å². The van der Waals surface area contributed by atoms with Crippen molar-refractivity contribution in [1.82, 2.24) is 9.97 Å². The van der Waals surface area contributed by atoms with Gasteiger partial charge in [-0.3, -0.25) is 0 Å². The molecule has 2 aromatic rings. The normalized spacial score (nSPS) is 23.5. The minimum Gasteiger partial charge on any atom is -0.393 e. The first kappa shape index (κ1) is 12.6. The van der Waals surface area contributed by atoms with Gasteiger partial charge >= 0.3 is 0 Å². The topological polar surface area (TPSA) is 58.0 Å². The monoisotopic (exact) mass is 277 g/mol. The number of hydrogen-bond acceptors (Lipinski definition) is 4. The van der Waals surface area contributed by atoms with Crippen molar-refractivity contribution in [1.29, 1.82) is 0 Å². The molecule has 1 fully saturated rings. The van der Waals surface area contributed by atoms with Gasteiger partial charge in [0.1, 0.15) is 0 Å². The number of fused-ring (bicyclic) bond motifs is 1. The molecule has 0 bridgehead atoms. The average Bonchev–Trinajstić information content (AvgIpc) is 2.42. The van der Waals surface area contributed by atoms with E-state index in [4.69, 9.17) is 11.6 Å². The lowest BCUT2D eigenvalue weighted by atomic mass is 9.93. The first-order valence-corrected chi connectivity index (χ1v) is 6.97. The Kier molecular flexibility index (Phi) is 3.53. The summed E-state index contributed by atoms with van der Waals surface area (Å²) >= 11 is 6.17. The molecule has 0 unspecified atom stereocenters. The zero-order valence-corrected chi connectivity index (χ0v) is 11.3. The number of aliphatic hydroxyl groups excluding tert-OH is 1. The lowest BCUT2D eigenvalue weighted by Crippen LogP contribution is -2.28.